The van der Waals surface area contributed by atoms with Gasteiger partial charge >= 0.3 is 0 Å². The highest BCUT2D eigenvalue weighted by atomic mass is 32.1. The minimum atomic E-state index is -0.197. The zero-order chi connectivity index (χ0) is 14.2. The number of thiophene rings is 1. The average molecular weight is 311 g/mol. The lowest BCUT2D eigenvalue weighted by Crippen LogP contribution is -2.04. The molecular formula is C15H9N3OS2. The van der Waals surface area contributed by atoms with Crippen molar-refractivity contribution in [2.24, 2.45) is 0 Å². The second-order valence-electron chi connectivity index (χ2n) is 4.53. The lowest BCUT2D eigenvalue weighted by Gasteiger charge is -1.99. The van der Waals surface area contributed by atoms with Gasteiger partial charge in [0.1, 0.15) is 5.01 Å². The van der Waals surface area contributed by atoms with Crippen LogP contribution in [0.3, 0.4) is 0 Å². The number of thiazole rings is 1. The molecule has 0 aliphatic heterocycles. The lowest BCUT2D eigenvalue weighted by molar-refractivity contribution is 1.22. The topological polar surface area (TPSA) is 58.6 Å². The molecule has 3 aromatic heterocycles. The predicted octanol–water partition coefficient (Wildman–Crippen LogP) is 3.78. The number of hydrogen-bond acceptors (Lipinski definition) is 5. The molecule has 0 spiro atoms. The summed E-state index contributed by atoms with van der Waals surface area (Å²) in [5, 5.41) is 7.11. The monoisotopic (exact) mass is 311 g/mol. The molecule has 0 saturated heterocycles. The van der Waals surface area contributed by atoms with E-state index in [1.165, 1.54) is 6.20 Å². The van der Waals surface area contributed by atoms with E-state index in [2.05, 4.69) is 26.4 Å². The number of rotatable bonds is 2. The average Bonchev–Trinajstić information content (AvgIpc) is 3.17. The maximum absolute atomic E-state index is 11.4. The standard InChI is InChI=1S/C15H9N3OS2/c19-14-6-16-11-2-1-9(5-12(11)17-14)15-18-13(8-21-15)10-3-4-20-7-10/h1-8H,(H,17,19). The summed E-state index contributed by atoms with van der Waals surface area (Å²) in [6.45, 7) is 0. The summed E-state index contributed by atoms with van der Waals surface area (Å²) in [5.74, 6) is 0. The maximum Gasteiger partial charge on any atom is 0.266 e. The molecule has 1 N–H and O–H groups in total. The second kappa shape index (κ2) is 4.91. The number of aromatic amines is 1. The Labute approximate surface area is 127 Å². The summed E-state index contributed by atoms with van der Waals surface area (Å²) in [7, 11) is 0. The van der Waals surface area contributed by atoms with Crippen molar-refractivity contribution in [2.45, 2.75) is 0 Å². The summed E-state index contributed by atoms with van der Waals surface area (Å²) >= 11 is 3.25. The molecule has 102 valence electrons. The molecule has 6 heteroatoms. The van der Waals surface area contributed by atoms with Gasteiger partial charge in [-0.1, -0.05) is 0 Å². The van der Waals surface area contributed by atoms with Gasteiger partial charge in [-0.05, 0) is 29.6 Å². The normalized spacial score (nSPS) is 11.0. The third kappa shape index (κ3) is 2.28. The summed E-state index contributed by atoms with van der Waals surface area (Å²) < 4.78 is 0. The molecule has 4 aromatic rings. The Kier molecular flexibility index (Phi) is 2.90. The van der Waals surface area contributed by atoms with E-state index in [-0.39, 0.29) is 5.56 Å². The quantitative estimate of drug-likeness (QED) is 0.613. The van der Waals surface area contributed by atoms with Gasteiger partial charge in [-0.2, -0.15) is 11.3 Å². The van der Waals surface area contributed by atoms with Crippen LogP contribution < -0.4 is 5.56 Å². The Morgan fingerprint density at radius 3 is 2.90 bits per heavy atom. The SMILES string of the molecule is O=c1cnc2ccc(-c3nc(-c4ccsc4)cs3)cc2[nH]1. The largest absolute Gasteiger partial charge is 0.319 e. The first-order chi connectivity index (χ1) is 10.3. The Hall–Kier alpha value is -2.31. The van der Waals surface area contributed by atoms with E-state index in [9.17, 15) is 4.79 Å². The molecule has 0 aliphatic rings. The van der Waals surface area contributed by atoms with Crippen LogP contribution >= 0.6 is 22.7 Å². The second-order valence-corrected chi connectivity index (χ2v) is 6.17. The van der Waals surface area contributed by atoms with Crippen LogP contribution in [0, 0.1) is 0 Å². The highest BCUT2D eigenvalue weighted by molar-refractivity contribution is 7.13. The number of nitrogens with zero attached hydrogens (tertiary/aromatic N) is 2. The first kappa shape index (κ1) is 12.4. The van der Waals surface area contributed by atoms with E-state index in [1.807, 2.05) is 29.0 Å². The molecule has 0 unspecified atom stereocenters. The fourth-order valence-corrected chi connectivity index (χ4v) is 3.60. The van der Waals surface area contributed by atoms with Gasteiger partial charge in [0.2, 0.25) is 0 Å². The molecule has 3 heterocycles. The van der Waals surface area contributed by atoms with Gasteiger partial charge in [-0.3, -0.25) is 4.79 Å². The van der Waals surface area contributed by atoms with Crippen LogP contribution in [-0.2, 0) is 0 Å². The third-order valence-electron chi connectivity index (χ3n) is 3.14. The zero-order valence-electron chi connectivity index (χ0n) is 10.7. The molecule has 0 fully saturated rings. The van der Waals surface area contributed by atoms with Crippen molar-refractivity contribution < 1.29 is 0 Å². The van der Waals surface area contributed by atoms with Crippen molar-refractivity contribution in [1.29, 1.82) is 0 Å². The van der Waals surface area contributed by atoms with Crippen molar-refractivity contribution in [3.8, 4) is 21.8 Å². The Balaban J connectivity index is 1.81. The van der Waals surface area contributed by atoms with E-state index < -0.39 is 0 Å². The molecule has 0 saturated carbocycles. The van der Waals surface area contributed by atoms with E-state index in [0.717, 1.165) is 32.9 Å². The third-order valence-corrected chi connectivity index (χ3v) is 4.72. The van der Waals surface area contributed by atoms with E-state index in [4.69, 9.17) is 0 Å². The number of benzene rings is 1. The number of aromatic nitrogens is 3. The smallest absolute Gasteiger partial charge is 0.266 e. The number of nitrogens with one attached hydrogen (secondary N) is 1. The predicted molar refractivity (Wildman–Crippen MR) is 86.8 cm³/mol. The first-order valence-electron chi connectivity index (χ1n) is 6.27. The van der Waals surface area contributed by atoms with Crippen LogP contribution in [0.15, 0.2) is 51.4 Å². The van der Waals surface area contributed by atoms with Gasteiger partial charge < -0.3 is 4.98 Å². The summed E-state index contributed by atoms with van der Waals surface area (Å²) in [6, 6.07) is 7.85. The number of fused-ring (bicyclic) bond motifs is 1. The summed E-state index contributed by atoms with van der Waals surface area (Å²) in [4.78, 5) is 22.9. The number of H-pyrrole nitrogens is 1. The Morgan fingerprint density at radius 1 is 1.10 bits per heavy atom. The molecule has 4 rings (SSSR count). The fourth-order valence-electron chi connectivity index (χ4n) is 2.12. The van der Waals surface area contributed by atoms with Gasteiger partial charge in [0.25, 0.3) is 5.56 Å². The molecule has 4 nitrogen and oxygen atoms in total. The fraction of sp³-hybridized carbons (Fsp3) is 0. The molecule has 1 aromatic carbocycles. The van der Waals surface area contributed by atoms with Crippen LogP contribution in [0.4, 0.5) is 0 Å². The first-order valence-corrected chi connectivity index (χ1v) is 8.09. The Bertz CT molecular complexity index is 970. The molecule has 21 heavy (non-hydrogen) atoms. The molecular weight excluding hydrogens is 302 g/mol. The summed E-state index contributed by atoms with van der Waals surface area (Å²) in [5.41, 5.74) is 4.41. The zero-order valence-corrected chi connectivity index (χ0v) is 12.4. The highest BCUT2D eigenvalue weighted by Gasteiger charge is 2.08. The van der Waals surface area contributed by atoms with E-state index in [0.29, 0.717) is 0 Å². The van der Waals surface area contributed by atoms with Crippen LogP contribution in [0.5, 0.6) is 0 Å². The minimum absolute atomic E-state index is 0.197. The van der Waals surface area contributed by atoms with Crippen LogP contribution in [0.25, 0.3) is 32.9 Å². The lowest BCUT2D eigenvalue weighted by atomic mass is 10.2. The van der Waals surface area contributed by atoms with Crippen molar-refractivity contribution in [3.05, 3.63) is 57.0 Å². The van der Waals surface area contributed by atoms with Gasteiger partial charge in [-0.15, -0.1) is 11.3 Å². The van der Waals surface area contributed by atoms with Crippen molar-refractivity contribution in [2.75, 3.05) is 0 Å². The van der Waals surface area contributed by atoms with E-state index >= 15 is 0 Å². The molecule has 0 bridgehead atoms. The summed E-state index contributed by atoms with van der Waals surface area (Å²) in [6.07, 6.45) is 1.29. The number of hydrogen-bond donors (Lipinski definition) is 1. The van der Waals surface area contributed by atoms with Crippen LogP contribution in [0.2, 0.25) is 0 Å². The van der Waals surface area contributed by atoms with Gasteiger partial charge in [0, 0.05) is 21.9 Å². The van der Waals surface area contributed by atoms with Crippen molar-refractivity contribution in [3.63, 3.8) is 0 Å². The highest BCUT2D eigenvalue weighted by Crippen LogP contribution is 2.30. The van der Waals surface area contributed by atoms with Gasteiger partial charge in [-0.25, -0.2) is 9.97 Å². The molecule has 0 aliphatic carbocycles. The maximum atomic E-state index is 11.4. The van der Waals surface area contributed by atoms with Crippen LogP contribution in [-0.4, -0.2) is 15.0 Å². The minimum Gasteiger partial charge on any atom is -0.319 e. The Morgan fingerprint density at radius 2 is 2.05 bits per heavy atom. The molecule has 0 atom stereocenters. The van der Waals surface area contributed by atoms with Crippen LogP contribution in [0.1, 0.15) is 0 Å². The van der Waals surface area contributed by atoms with Gasteiger partial charge in [0.05, 0.1) is 22.9 Å². The molecule has 0 radical (unpaired) electrons. The van der Waals surface area contributed by atoms with Gasteiger partial charge in [0.15, 0.2) is 0 Å². The molecule has 0 amide bonds. The van der Waals surface area contributed by atoms with E-state index in [1.54, 1.807) is 22.7 Å². The van der Waals surface area contributed by atoms with Crippen molar-refractivity contribution >= 4 is 33.7 Å². The van der Waals surface area contributed by atoms with Crippen molar-refractivity contribution in [1.82, 2.24) is 15.0 Å².